The standard InChI is InChI=1S/C17H23N5O/c1-12-5-7-15(19-18-12)21-9-13(10-21)11-22-16(23)8-6-14(20-22)17(2,3)4/h5-8,13H,9-11H2,1-4H3. The molecule has 1 saturated heterocycles. The van der Waals surface area contributed by atoms with Crippen molar-refractivity contribution in [2.75, 3.05) is 18.0 Å². The lowest BCUT2D eigenvalue weighted by Crippen LogP contribution is -2.50. The lowest BCUT2D eigenvalue weighted by Gasteiger charge is -2.39. The first-order chi connectivity index (χ1) is 10.8. The Balaban J connectivity index is 1.66. The second-order valence-corrected chi connectivity index (χ2v) is 7.29. The SMILES string of the molecule is Cc1ccc(N2CC(Cn3nc(C(C)(C)C)ccc3=O)C2)nn1. The summed E-state index contributed by atoms with van der Waals surface area (Å²) < 4.78 is 1.60. The lowest BCUT2D eigenvalue weighted by atomic mass is 9.92. The molecule has 3 rings (SSSR count). The molecule has 0 saturated carbocycles. The normalized spacial score (nSPS) is 15.6. The first-order valence-corrected chi connectivity index (χ1v) is 7.97. The van der Waals surface area contributed by atoms with Gasteiger partial charge in [0.15, 0.2) is 5.82 Å². The summed E-state index contributed by atoms with van der Waals surface area (Å²) in [6, 6.07) is 7.40. The number of aromatic nitrogens is 4. The predicted molar refractivity (Wildman–Crippen MR) is 89.7 cm³/mol. The van der Waals surface area contributed by atoms with Crippen LogP contribution in [-0.4, -0.2) is 33.1 Å². The third-order valence-corrected chi connectivity index (χ3v) is 4.13. The van der Waals surface area contributed by atoms with Crippen molar-refractivity contribution in [3.8, 4) is 0 Å². The van der Waals surface area contributed by atoms with Gasteiger partial charge < -0.3 is 4.90 Å². The van der Waals surface area contributed by atoms with Gasteiger partial charge in [0.1, 0.15) is 0 Å². The molecule has 0 N–H and O–H groups in total. The quantitative estimate of drug-likeness (QED) is 0.864. The van der Waals surface area contributed by atoms with Gasteiger partial charge >= 0.3 is 0 Å². The molecule has 23 heavy (non-hydrogen) atoms. The molecule has 0 atom stereocenters. The van der Waals surface area contributed by atoms with Gasteiger partial charge in [0.2, 0.25) is 0 Å². The van der Waals surface area contributed by atoms with Crippen LogP contribution in [0.2, 0.25) is 0 Å². The molecule has 0 amide bonds. The largest absolute Gasteiger partial charge is 0.354 e. The van der Waals surface area contributed by atoms with E-state index < -0.39 is 0 Å². The Kier molecular flexibility index (Phi) is 3.92. The average molecular weight is 313 g/mol. The fourth-order valence-electron chi connectivity index (χ4n) is 2.66. The van der Waals surface area contributed by atoms with Crippen LogP contribution in [0.4, 0.5) is 5.82 Å². The maximum absolute atomic E-state index is 12.0. The molecule has 122 valence electrons. The number of aryl methyl sites for hydroxylation is 1. The highest BCUT2D eigenvalue weighted by Gasteiger charge is 2.29. The van der Waals surface area contributed by atoms with E-state index in [9.17, 15) is 4.79 Å². The summed E-state index contributed by atoms with van der Waals surface area (Å²) in [6.07, 6.45) is 0. The molecule has 0 aromatic carbocycles. The summed E-state index contributed by atoms with van der Waals surface area (Å²) >= 11 is 0. The lowest BCUT2D eigenvalue weighted by molar-refractivity contribution is 0.327. The Hall–Kier alpha value is -2.24. The van der Waals surface area contributed by atoms with Crippen molar-refractivity contribution in [2.45, 2.75) is 39.7 Å². The molecule has 0 aliphatic carbocycles. The number of anilines is 1. The van der Waals surface area contributed by atoms with E-state index in [0.29, 0.717) is 12.5 Å². The van der Waals surface area contributed by atoms with Gasteiger partial charge in [-0.2, -0.15) is 10.2 Å². The Bertz CT molecular complexity index is 739. The van der Waals surface area contributed by atoms with Crippen LogP contribution in [0.25, 0.3) is 0 Å². The van der Waals surface area contributed by atoms with E-state index in [-0.39, 0.29) is 11.0 Å². The van der Waals surface area contributed by atoms with Crippen molar-refractivity contribution in [3.05, 3.63) is 46.0 Å². The van der Waals surface area contributed by atoms with Crippen LogP contribution in [0.3, 0.4) is 0 Å². The van der Waals surface area contributed by atoms with E-state index in [0.717, 1.165) is 30.3 Å². The van der Waals surface area contributed by atoms with Gasteiger partial charge in [0, 0.05) is 30.5 Å². The summed E-state index contributed by atoms with van der Waals surface area (Å²) in [7, 11) is 0. The van der Waals surface area contributed by atoms with Crippen molar-refractivity contribution in [2.24, 2.45) is 5.92 Å². The summed E-state index contributed by atoms with van der Waals surface area (Å²) in [5, 5.41) is 12.8. The van der Waals surface area contributed by atoms with Crippen LogP contribution in [0, 0.1) is 12.8 Å². The van der Waals surface area contributed by atoms with Crippen molar-refractivity contribution >= 4 is 5.82 Å². The highest BCUT2D eigenvalue weighted by atomic mass is 16.1. The topological polar surface area (TPSA) is 63.9 Å². The zero-order valence-electron chi connectivity index (χ0n) is 14.2. The van der Waals surface area contributed by atoms with Gasteiger partial charge in [0.25, 0.3) is 5.56 Å². The molecular formula is C17H23N5O. The summed E-state index contributed by atoms with van der Waals surface area (Å²) in [4.78, 5) is 14.2. The fourth-order valence-corrected chi connectivity index (χ4v) is 2.66. The highest BCUT2D eigenvalue weighted by molar-refractivity contribution is 5.40. The fraction of sp³-hybridized carbons (Fsp3) is 0.529. The predicted octanol–water partition coefficient (Wildman–Crippen LogP) is 1.78. The number of nitrogens with zero attached hydrogens (tertiary/aromatic N) is 5. The van der Waals surface area contributed by atoms with Gasteiger partial charge in [-0.15, -0.1) is 5.10 Å². The zero-order valence-corrected chi connectivity index (χ0v) is 14.2. The Morgan fingerprint density at radius 2 is 1.87 bits per heavy atom. The van der Waals surface area contributed by atoms with E-state index >= 15 is 0 Å². The van der Waals surface area contributed by atoms with Crippen LogP contribution in [0.1, 0.15) is 32.2 Å². The van der Waals surface area contributed by atoms with E-state index in [1.165, 1.54) is 0 Å². The smallest absolute Gasteiger partial charge is 0.266 e. The summed E-state index contributed by atoms with van der Waals surface area (Å²) in [6.45, 7) is 10.6. The van der Waals surface area contributed by atoms with Gasteiger partial charge in [-0.1, -0.05) is 20.8 Å². The van der Waals surface area contributed by atoms with E-state index in [1.54, 1.807) is 10.7 Å². The second-order valence-electron chi connectivity index (χ2n) is 7.29. The van der Waals surface area contributed by atoms with Crippen LogP contribution in [-0.2, 0) is 12.0 Å². The molecule has 0 unspecified atom stereocenters. The number of rotatable bonds is 3. The first kappa shape index (κ1) is 15.6. The van der Waals surface area contributed by atoms with Gasteiger partial charge in [-0.3, -0.25) is 4.79 Å². The van der Waals surface area contributed by atoms with Gasteiger partial charge in [0.05, 0.1) is 17.9 Å². The van der Waals surface area contributed by atoms with Crippen molar-refractivity contribution in [1.29, 1.82) is 0 Å². The number of hydrogen-bond acceptors (Lipinski definition) is 5. The van der Waals surface area contributed by atoms with Crippen molar-refractivity contribution in [3.63, 3.8) is 0 Å². The van der Waals surface area contributed by atoms with Crippen LogP contribution in [0.5, 0.6) is 0 Å². The molecule has 1 fully saturated rings. The van der Waals surface area contributed by atoms with E-state index in [4.69, 9.17) is 0 Å². The molecule has 3 heterocycles. The molecular weight excluding hydrogens is 290 g/mol. The van der Waals surface area contributed by atoms with Gasteiger partial charge in [-0.05, 0) is 25.1 Å². The molecule has 2 aromatic heterocycles. The molecule has 6 heteroatoms. The molecule has 1 aliphatic heterocycles. The first-order valence-electron chi connectivity index (χ1n) is 7.97. The molecule has 0 radical (unpaired) electrons. The minimum absolute atomic E-state index is 0.0356. The van der Waals surface area contributed by atoms with Crippen LogP contribution in [0.15, 0.2) is 29.1 Å². The monoisotopic (exact) mass is 313 g/mol. The third-order valence-electron chi connectivity index (χ3n) is 4.13. The summed E-state index contributed by atoms with van der Waals surface area (Å²) in [5.41, 5.74) is 1.77. The van der Waals surface area contributed by atoms with E-state index in [1.807, 2.05) is 25.1 Å². The molecule has 6 nitrogen and oxygen atoms in total. The van der Waals surface area contributed by atoms with Crippen molar-refractivity contribution in [1.82, 2.24) is 20.0 Å². The Morgan fingerprint density at radius 1 is 1.13 bits per heavy atom. The summed E-state index contributed by atoms with van der Waals surface area (Å²) in [5.74, 6) is 1.31. The average Bonchev–Trinajstić information content (AvgIpc) is 2.44. The van der Waals surface area contributed by atoms with Crippen molar-refractivity contribution < 1.29 is 0 Å². The van der Waals surface area contributed by atoms with Gasteiger partial charge in [-0.25, -0.2) is 4.68 Å². The number of hydrogen-bond donors (Lipinski definition) is 0. The third kappa shape index (κ3) is 3.41. The Morgan fingerprint density at radius 3 is 2.48 bits per heavy atom. The molecule has 2 aromatic rings. The van der Waals surface area contributed by atoms with E-state index in [2.05, 4.69) is 41.0 Å². The maximum atomic E-state index is 12.0. The second kappa shape index (κ2) is 5.76. The minimum Gasteiger partial charge on any atom is -0.354 e. The highest BCUT2D eigenvalue weighted by Crippen LogP contribution is 2.23. The van der Waals surface area contributed by atoms with Crippen LogP contribution < -0.4 is 10.5 Å². The maximum Gasteiger partial charge on any atom is 0.266 e. The Labute approximate surface area is 136 Å². The zero-order chi connectivity index (χ0) is 16.6. The molecule has 1 aliphatic rings. The molecule has 0 spiro atoms. The minimum atomic E-state index is -0.0570. The molecule has 0 bridgehead atoms. The van der Waals surface area contributed by atoms with Crippen LogP contribution >= 0.6 is 0 Å².